The highest BCUT2D eigenvalue weighted by Gasteiger charge is 2.37. The minimum absolute atomic E-state index is 0.000673. The van der Waals surface area contributed by atoms with Crippen molar-refractivity contribution in [3.05, 3.63) is 60.0 Å². The van der Waals surface area contributed by atoms with Crippen LogP contribution in [0.3, 0.4) is 0 Å². The third-order valence-electron chi connectivity index (χ3n) is 5.98. The van der Waals surface area contributed by atoms with Crippen LogP contribution in [-0.2, 0) is 14.3 Å². The SMILES string of the molecule is Cc1ccc(-c2noc(C3CCN(C(=O)C4COC5C=CC=CC5O4)CC3)n2)cc1. The fraction of sp³-hybridized carbons (Fsp3) is 0.435. The lowest BCUT2D eigenvalue weighted by Gasteiger charge is -2.38. The summed E-state index contributed by atoms with van der Waals surface area (Å²) in [5.41, 5.74) is 2.14. The van der Waals surface area contributed by atoms with Crippen molar-refractivity contribution in [2.75, 3.05) is 19.7 Å². The lowest BCUT2D eigenvalue weighted by molar-refractivity contribution is -0.177. The minimum Gasteiger partial charge on any atom is -0.368 e. The number of likely N-dealkylation sites (tertiary alicyclic amines) is 1. The highest BCUT2D eigenvalue weighted by molar-refractivity contribution is 5.81. The van der Waals surface area contributed by atoms with Gasteiger partial charge in [-0.1, -0.05) is 59.3 Å². The standard InChI is InChI=1S/C23H25N3O4/c1-15-6-8-16(9-7-15)21-24-22(30-25-21)17-10-12-26(13-11-17)23(27)20-14-28-18-4-2-3-5-19(18)29-20/h2-9,17-20H,10-14H2,1H3. The van der Waals surface area contributed by atoms with Gasteiger partial charge in [0.1, 0.15) is 12.2 Å². The molecule has 1 amide bonds. The second kappa shape index (κ2) is 8.16. The fourth-order valence-corrected chi connectivity index (χ4v) is 4.17. The molecular formula is C23H25N3O4. The first-order chi connectivity index (χ1) is 14.7. The molecule has 1 aromatic carbocycles. The third kappa shape index (κ3) is 3.82. The molecule has 1 aromatic heterocycles. The molecule has 0 bridgehead atoms. The van der Waals surface area contributed by atoms with Crippen molar-refractivity contribution in [1.82, 2.24) is 15.0 Å². The highest BCUT2D eigenvalue weighted by Crippen LogP contribution is 2.30. The van der Waals surface area contributed by atoms with Gasteiger partial charge < -0.3 is 18.9 Å². The molecule has 0 radical (unpaired) electrons. The van der Waals surface area contributed by atoms with E-state index in [0.29, 0.717) is 31.4 Å². The predicted molar refractivity (Wildman–Crippen MR) is 110 cm³/mol. The molecule has 1 aliphatic carbocycles. The number of hydrogen-bond donors (Lipinski definition) is 0. The molecule has 5 rings (SSSR count). The van der Waals surface area contributed by atoms with Crippen molar-refractivity contribution in [3.8, 4) is 11.4 Å². The molecular weight excluding hydrogens is 382 g/mol. The zero-order valence-electron chi connectivity index (χ0n) is 16.9. The van der Waals surface area contributed by atoms with Crippen LogP contribution in [-0.4, -0.2) is 59.0 Å². The number of amides is 1. The van der Waals surface area contributed by atoms with Crippen LogP contribution in [0.5, 0.6) is 0 Å². The quantitative estimate of drug-likeness (QED) is 0.778. The number of fused-ring (bicyclic) bond motifs is 1. The second-order valence-corrected chi connectivity index (χ2v) is 8.08. The number of carbonyl (C=O) groups is 1. The summed E-state index contributed by atoms with van der Waals surface area (Å²) in [5, 5.41) is 4.14. The molecule has 30 heavy (non-hydrogen) atoms. The first-order valence-corrected chi connectivity index (χ1v) is 10.5. The molecule has 2 fully saturated rings. The number of piperidine rings is 1. The van der Waals surface area contributed by atoms with Gasteiger partial charge in [-0.05, 0) is 19.8 Å². The van der Waals surface area contributed by atoms with E-state index in [0.717, 1.165) is 18.4 Å². The number of benzene rings is 1. The first kappa shape index (κ1) is 19.2. The number of allylic oxidation sites excluding steroid dienone is 2. The maximum atomic E-state index is 12.9. The summed E-state index contributed by atoms with van der Waals surface area (Å²) in [4.78, 5) is 19.4. The van der Waals surface area contributed by atoms with Gasteiger partial charge in [0.2, 0.25) is 11.7 Å². The van der Waals surface area contributed by atoms with Crippen molar-refractivity contribution >= 4 is 5.91 Å². The summed E-state index contributed by atoms with van der Waals surface area (Å²) in [6.45, 7) is 3.64. The lowest BCUT2D eigenvalue weighted by Crippen LogP contribution is -2.52. The average Bonchev–Trinajstić information content (AvgIpc) is 3.29. The van der Waals surface area contributed by atoms with Crippen LogP contribution in [0, 0.1) is 6.92 Å². The fourth-order valence-electron chi connectivity index (χ4n) is 4.17. The molecule has 2 aromatic rings. The Hall–Kier alpha value is -2.77. The van der Waals surface area contributed by atoms with Gasteiger partial charge in [0.15, 0.2) is 6.10 Å². The number of aryl methyl sites for hydroxylation is 1. The van der Waals surface area contributed by atoms with Gasteiger partial charge in [-0.15, -0.1) is 0 Å². The monoisotopic (exact) mass is 407 g/mol. The van der Waals surface area contributed by atoms with Crippen LogP contribution >= 0.6 is 0 Å². The summed E-state index contributed by atoms with van der Waals surface area (Å²) in [6.07, 6.45) is 8.54. The Labute approximate surface area is 175 Å². The number of carbonyl (C=O) groups excluding carboxylic acids is 1. The summed E-state index contributed by atoms with van der Waals surface area (Å²) < 4.78 is 17.3. The Bertz CT molecular complexity index is 957. The van der Waals surface area contributed by atoms with E-state index in [9.17, 15) is 4.79 Å². The number of ether oxygens (including phenoxy) is 2. The van der Waals surface area contributed by atoms with Crippen LogP contribution in [0.25, 0.3) is 11.4 Å². The molecule has 0 spiro atoms. The summed E-state index contributed by atoms with van der Waals surface area (Å²) >= 11 is 0. The van der Waals surface area contributed by atoms with Gasteiger partial charge >= 0.3 is 0 Å². The Kier molecular flexibility index (Phi) is 5.23. The van der Waals surface area contributed by atoms with Crippen LogP contribution in [0.2, 0.25) is 0 Å². The zero-order valence-corrected chi connectivity index (χ0v) is 16.9. The topological polar surface area (TPSA) is 77.7 Å². The van der Waals surface area contributed by atoms with Crippen molar-refractivity contribution < 1.29 is 18.8 Å². The van der Waals surface area contributed by atoms with E-state index in [-0.39, 0.29) is 24.0 Å². The van der Waals surface area contributed by atoms with Crippen molar-refractivity contribution in [3.63, 3.8) is 0 Å². The molecule has 2 saturated heterocycles. The maximum Gasteiger partial charge on any atom is 0.254 e. The lowest BCUT2D eigenvalue weighted by atomic mass is 9.96. The predicted octanol–water partition coefficient (Wildman–Crippen LogP) is 3.03. The van der Waals surface area contributed by atoms with Crippen molar-refractivity contribution in [2.24, 2.45) is 0 Å². The van der Waals surface area contributed by atoms with Gasteiger partial charge in [0, 0.05) is 24.6 Å². The number of nitrogens with zero attached hydrogens (tertiary/aromatic N) is 3. The van der Waals surface area contributed by atoms with E-state index in [1.807, 2.05) is 60.4 Å². The number of rotatable bonds is 3. The van der Waals surface area contributed by atoms with Gasteiger partial charge in [-0.3, -0.25) is 4.79 Å². The van der Waals surface area contributed by atoms with Gasteiger partial charge in [-0.25, -0.2) is 0 Å². The number of hydrogen-bond acceptors (Lipinski definition) is 6. The second-order valence-electron chi connectivity index (χ2n) is 8.08. The van der Waals surface area contributed by atoms with Crippen molar-refractivity contribution in [1.29, 1.82) is 0 Å². The summed E-state index contributed by atoms with van der Waals surface area (Å²) in [7, 11) is 0. The average molecular weight is 407 g/mol. The van der Waals surface area contributed by atoms with E-state index >= 15 is 0 Å². The number of aromatic nitrogens is 2. The largest absolute Gasteiger partial charge is 0.368 e. The van der Waals surface area contributed by atoms with E-state index in [4.69, 9.17) is 14.0 Å². The molecule has 0 N–H and O–H groups in total. The smallest absolute Gasteiger partial charge is 0.254 e. The van der Waals surface area contributed by atoms with E-state index in [1.54, 1.807) is 0 Å². The molecule has 3 aliphatic rings. The summed E-state index contributed by atoms with van der Waals surface area (Å²) in [5.74, 6) is 1.43. The first-order valence-electron chi connectivity index (χ1n) is 10.5. The van der Waals surface area contributed by atoms with Crippen LogP contribution in [0.1, 0.15) is 30.2 Å². The Morgan fingerprint density at radius 2 is 1.80 bits per heavy atom. The van der Waals surface area contributed by atoms with E-state index < -0.39 is 6.10 Å². The molecule has 3 heterocycles. The Morgan fingerprint density at radius 1 is 1.07 bits per heavy atom. The van der Waals surface area contributed by atoms with Crippen molar-refractivity contribution in [2.45, 2.75) is 44.0 Å². The molecule has 0 saturated carbocycles. The third-order valence-corrected chi connectivity index (χ3v) is 5.98. The van der Waals surface area contributed by atoms with Gasteiger partial charge in [0.05, 0.1) is 6.61 Å². The van der Waals surface area contributed by atoms with Gasteiger partial charge in [-0.2, -0.15) is 4.98 Å². The highest BCUT2D eigenvalue weighted by atomic mass is 16.6. The maximum absolute atomic E-state index is 12.9. The molecule has 7 nitrogen and oxygen atoms in total. The molecule has 156 valence electrons. The molecule has 3 atom stereocenters. The van der Waals surface area contributed by atoms with Gasteiger partial charge in [0.25, 0.3) is 5.91 Å². The molecule has 7 heteroatoms. The Morgan fingerprint density at radius 3 is 2.57 bits per heavy atom. The molecule has 3 unspecified atom stereocenters. The van der Waals surface area contributed by atoms with Crippen LogP contribution in [0.15, 0.2) is 53.1 Å². The van der Waals surface area contributed by atoms with Crippen LogP contribution < -0.4 is 0 Å². The Balaban J connectivity index is 1.18. The van der Waals surface area contributed by atoms with E-state index in [2.05, 4.69) is 10.1 Å². The molecule has 2 aliphatic heterocycles. The summed E-state index contributed by atoms with van der Waals surface area (Å²) in [6, 6.07) is 8.07. The normalized spacial score (nSPS) is 26.6. The zero-order chi connectivity index (χ0) is 20.5. The van der Waals surface area contributed by atoms with Crippen LogP contribution in [0.4, 0.5) is 0 Å². The minimum atomic E-state index is -0.546. The van der Waals surface area contributed by atoms with E-state index in [1.165, 1.54) is 5.56 Å².